The van der Waals surface area contributed by atoms with Crippen LogP contribution in [-0.4, -0.2) is 36.4 Å². The summed E-state index contributed by atoms with van der Waals surface area (Å²) in [6, 6.07) is 10.1. The minimum absolute atomic E-state index is 0.0489. The van der Waals surface area contributed by atoms with Crippen LogP contribution in [0.25, 0.3) is 10.9 Å². The van der Waals surface area contributed by atoms with Gasteiger partial charge in [-0.2, -0.15) is 0 Å². The van der Waals surface area contributed by atoms with Gasteiger partial charge in [-0.05, 0) is 63.5 Å². The van der Waals surface area contributed by atoms with Crippen LogP contribution in [-0.2, 0) is 0 Å². The highest BCUT2D eigenvalue weighted by molar-refractivity contribution is 7.10. The highest BCUT2D eigenvalue weighted by atomic mass is 32.1. The van der Waals surface area contributed by atoms with Gasteiger partial charge in [-0.1, -0.05) is 18.2 Å². The van der Waals surface area contributed by atoms with Gasteiger partial charge >= 0.3 is 0 Å². The molecule has 0 bridgehead atoms. The lowest BCUT2D eigenvalue weighted by molar-refractivity contribution is 0.0943. The number of thiophene rings is 1. The molecular weight excluding hydrogens is 342 g/mol. The van der Waals surface area contributed by atoms with Crippen molar-refractivity contribution in [2.75, 3.05) is 20.6 Å². The van der Waals surface area contributed by atoms with Gasteiger partial charge in [0.25, 0.3) is 5.91 Å². The number of likely N-dealkylation sites (N-methyl/N-ethyl adjacent to an activating group) is 1. The van der Waals surface area contributed by atoms with E-state index in [0.29, 0.717) is 12.1 Å². The number of carbonyl (C=O) groups is 1. The average molecular weight is 368 g/mol. The third-order valence-electron chi connectivity index (χ3n) is 4.70. The van der Waals surface area contributed by atoms with Crippen molar-refractivity contribution in [1.29, 1.82) is 0 Å². The predicted molar refractivity (Wildman–Crippen MR) is 109 cm³/mol. The van der Waals surface area contributed by atoms with Crippen LogP contribution in [0.15, 0.2) is 35.7 Å². The molecule has 136 valence electrons. The number of hydrogen-bond donors (Lipinski definition) is 1. The highest BCUT2D eigenvalue weighted by Gasteiger charge is 2.20. The summed E-state index contributed by atoms with van der Waals surface area (Å²) in [4.78, 5) is 21.0. The Morgan fingerprint density at radius 2 is 1.96 bits per heavy atom. The summed E-state index contributed by atoms with van der Waals surface area (Å²) >= 11 is 1.74. The van der Waals surface area contributed by atoms with E-state index in [1.165, 1.54) is 10.4 Å². The van der Waals surface area contributed by atoms with Crippen molar-refractivity contribution in [3.8, 4) is 0 Å². The Bertz CT molecular complexity index is 946. The van der Waals surface area contributed by atoms with Crippen molar-refractivity contribution in [1.82, 2.24) is 15.2 Å². The van der Waals surface area contributed by atoms with Gasteiger partial charge in [0.05, 0.1) is 17.1 Å². The number of nitrogens with one attached hydrogen (secondary N) is 1. The zero-order chi connectivity index (χ0) is 18.8. The number of nitrogens with zero attached hydrogens (tertiary/aromatic N) is 2. The molecule has 1 aromatic carbocycles. The first kappa shape index (κ1) is 18.5. The van der Waals surface area contributed by atoms with Crippen LogP contribution < -0.4 is 5.32 Å². The molecule has 2 heterocycles. The molecule has 0 spiro atoms. The van der Waals surface area contributed by atoms with Gasteiger partial charge in [0.1, 0.15) is 0 Å². The summed E-state index contributed by atoms with van der Waals surface area (Å²) in [5.74, 6) is -0.0489. The van der Waals surface area contributed by atoms with Gasteiger partial charge in [-0.15, -0.1) is 11.3 Å². The number of amides is 1. The van der Waals surface area contributed by atoms with Crippen molar-refractivity contribution < 1.29 is 4.79 Å². The van der Waals surface area contributed by atoms with Gasteiger partial charge in [0.15, 0.2) is 0 Å². The fourth-order valence-corrected chi connectivity index (χ4v) is 4.35. The summed E-state index contributed by atoms with van der Waals surface area (Å²) in [5, 5.41) is 6.14. The lowest BCUT2D eigenvalue weighted by Gasteiger charge is -2.24. The lowest BCUT2D eigenvalue weighted by Crippen LogP contribution is -2.34. The summed E-state index contributed by atoms with van der Waals surface area (Å²) < 4.78 is 0. The highest BCUT2D eigenvalue weighted by Crippen LogP contribution is 2.27. The topological polar surface area (TPSA) is 45.2 Å². The standard InChI is InChI=1S/C21H25N3OS/c1-13-7-6-8-16-17(11-15(3)23-19(13)16)21(25)22-12-18(24(4)5)20-14(2)9-10-26-20/h6-11,18H,12H2,1-5H3,(H,22,25)/t18-/m1/s1. The molecule has 26 heavy (non-hydrogen) atoms. The molecule has 4 nitrogen and oxygen atoms in total. The number of rotatable bonds is 5. The Balaban J connectivity index is 1.87. The number of carbonyl (C=O) groups excluding carboxylic acids is 1. The molecule has 0 aliphatic heterocycles. The van der Waals surface area contributed by atoms with Crippen LogP contribution in [0.2, 0.25) is 0 Å². The van der Waals surface area contributed by atoms with Crippen molar-refractivity contribution >= 4 is 28.1 Å². The molecule has 0 saturated carbocycles. The third-order valence-corrected chi connectivity index (χ3v) is 5.82. The van der Waals surface area contributed by atoms with E-state index in [2.05, 4.69) is 33.6 Å². The molecule has 1 atom stereocenters. The van der Waals surface area contributed by atoms with E-state index in [-0.39, 0.29) is 11.9 Å². The lowest BCUT2D eigenvalue weighted by atomic mass is 10.0. The predicted octanol–water partition coefficient (Wildman–Crippen LogP) is 4.25. The first-order valence-corrected chi connectivity index (χ1v) is 9.62. The second kappa shape index (κ2) is 7.56. The van der Waals surface area contributed by atoms with Crippen LogP contribution in [0.5, 0.6) is 0 Å². The smallest absolute Gasteiger partial charge is 0.252 e. The number of hydrogen-bond acceptors (Lipinski definition) is 4. The average Bonchev–Trinajstić information content (AvgIpc) is 3.01. The molecule has 0 fully saturated rings. The minimum Gasteiger partial charge on any atom is -0.350 e. The molecule has 0 saturated heterocycles. The van der Waals surface area contributed by atoms with Crippen molar-refractivity contribution in [3.63, 3.8) is 0 Å². The summed E-state index contributed by atoms with van der Waals surface area (Å²) in [6.45, 7) is 6.65. The summed E-state index contributed by atoms with van der Waals surface area (Å²) in [6.07, 6.45) is 0. The van der Waals surface area contributed by atoms with E-state index in [1.54, 1.807) is 11.3 Å². The van der Waals surface area contributed by atoms with Crippen LogP contribution in [0.4, 0.5) is 0 Å². The fraction of sp³-hybridized carbons (Fsp3) is 0.333. The van der Waals surface area contributed by atoms with E-state index >= 15 is 0 Å². The molecule has 5 heteroatoms. The Kier molecular flexibility index (Phi) is 5.39. The molecule has 3 rings (SSSR count). The molecule has 1 amide bonds. The number of aromatic nitrogens is 1. The number of fused-ring (bicyclic) bond motifs is 1. The number of aryl methyl sites for hydroxylation is 3. The zero-order valence-electron chi connectivity index (χ0n) is 16.0. The minimum atomic E-state index is -0.0489. The fourth-order valence-electron chi connectivity index (χ4n) is 3.23. The second-order valence-electron chi connectivity index (χ2n) is 6.94. The van der Waals surface area contributed by atoms with Crippen LogP contribution >= 0.6 is 11.3 Å². The van der Waals surface area contributed by atoms with Crippen LogP contribution in [0, 0.1) is 20.8 Å². The van der Waals surface area contributed by atoms with Gasteiger partial charge < -0.3 is 10.2 Å². The van der Waals surface area contributed by atoms with Gasteiger partial charge in [0.2, 0.25) is 0 Å². The van der Waals surface area contributed by atoms with E-state index < -0.39 is 0 Å². The Labute approximate surface area is 158 Å². The normalized spacial score (nSPS) is 12.5. The van der Waals surface area contributed by atoms with E-state index in [1.807, 2.05) is 52.2 Å². The van der Waals surface area contributed by atoms with Crippen molar-refractivity contribution in [2.24, 2.45) is 0 Å². The van der Waals surface area contributed by atoms with Crippen LogP contribution in [0.3, 0.4) is 0 Å². The van der Waals surface area contributed by atoms with E-state index in [0.717, 1.165) is 22.2 Å². The van der Waals surface area contributed by atoms with Crippen LogP contribution in [0.1, 0.15) is 38.1 Å². The number of para-hydroxylation sites is 1. The molecule has 3 aromatic rings. The molecule has 2 aromatic heterocycles. The molecule has 0 radical (unpaired) electrons. The zero-order valence-corrected chi connectivity index (χ0v) is 16.8. The summed E-state index contributed by atoms with van der Waals surface area (Å²) in [5.41, 5.74) is 4.80. The second-order valence-corrected chi connectivity index (χ2v) is 7.89. The SMILES string of the molecule is Cc1cc(C(=O)NC[C@H](c2sccc2C)N(C)C)c2cccc(C)c2n1. The molecule has 1 N–H and O–H groups in total. The maximum absolute atomic E-state index is 12.9. The molecular formula is C21H25N3OS. The quantitative estimate of drug-likeness (QED) is 0.733. The molecule has 0 aliphatic carbocycles. The monoisotopic (exact) mass is 367 g/mol. The van der Waals surface area contributed by atoms with Crippen molar-refractivity contribution in [2.45, 2.75) is 26.8 Å². The van der Waals surface area contributed by atoms with Crippen molar-refractivity contribution in [3.05, 3.63) is 63.0 Å². The van der Waals surface area contributed by atoms with Gasteiger partial charge in [-0.3, -0.25) is 9.78 Å². The first-order valence-electron chi connectivity index (χ1n) is 8.74. The number of benzene rings is 1. The first-order chi connectivity index (χ1) is 12.4. The van der Waals surface area contributed by atoms with E-state index in [4.69, 9.17) is 0 Å². The van der Waals surface area contributed by atoms with E-state index in [9.17, 15) is 4.79 Å². The maximum atomic E-state index is 12.9. The Morgan fingerprint density at radius 3 is 2.62 bits per heavy atom. The Hall–Kier alpha value is -2.24. The molecule has 0 unspecified atom stereocenters. The largest absolute Gasteiger partial charge is 0.350 e. The molecule has 0 aliphatic rings. The number of pyridine rings is 1. The summed E-state index contributed by atoms with van der Waals surface area (Å²) in [7, 11) is 4.09. The Morgan fingerprint density at radius 1 is 1.19 bits per heavy atom. The third kappa shape index (κ3) is 3.64. The van der Waals surface area contributed by atoms with Gasteiger partial charge in [0, 0.05) is 22.5 Å². The van der Waals surface area contributed by atoms with Gasteiger partial charge in [-0.25, -0.2) is 0 Å². The maximum Gasteiger partial charge on any atom is 0.252 e.